The van der Waals surface area contributed by atoms with Crippen molar-refractivity contribution in [3.8, 4) is 6.07 Å². The molecule has 1 atom stereocenters. The van der Waals surface area contributed by atoms with E-state index in [-0.39, 0.29) is 47.8 Å². The van der Waals surface area contributed by atoms with Gasteiger partial charge in [-0.3, -0.25) is 15.1 Å². The van der Waals surface area contributed by atoms with Gasteiger partial charge >= 0.3 is 6.18 Å². The summed E-state index contributed by atoms with van der Waals surface area (Å²) in [4.78, 5) is 18.3. The van der Waals surface area contributed by atoms with Gasteiger partial charge in [-0.05, 0) is 30.7 Å². The minimum atomic E-state index is -5.02. The zero-order valence-corrected chi connectivity index (χ0v) is 20.2. The Morgan fingerprint density at radius 2 is 1.86 bits per heavy atom. The lowest BCUT2D eigenvalue weighted by Gasteiger charge is -2.45. The van der Waals surface area contributed by atoms with E-state index in [1.54, 1.807) is 0 Å². The highest BCUT2D eigenvalue weighted by Gasteiger charge is 2.60. The molecule has 4 rings (SSSR count). The fraction of sp³-hybridized carbons (Fsp3) is 0.333. The Bertz CT molecular complexity index is 1280. The lowest BCUT2D eigenvalue weighted by molar-refractivity contribution is -0.269. The standard InChI is InChI=1S/C24H18Cl2F5N3O2/c1-2-3-20(35)34-11-22(28,12-34)16-5-4-13(6-14(16)10-32)19-9-23(36-33-19,24(29,30)31)15-7-17(25)21(27)18(26)8-15/h4-9,33H,2-3,11-12H2,1H3. The molecule has 1 unspecified atom stereocenters. The van der Waals surface area contributed by atoms with Crippen LogP contribution in [0, 0.1) is 17.1 Å². The van der Waals surface area contributed by atoms with Crippen LogP contribution in [0.4, 0.5) is 22.0 Å². The first-order chi connectivity index (χ1) is 16.8. The number of rotatable bonds is 5. The smallest absolute Gasteiger partial charge is 0.335 e. The molecule has 190 valence electrons. The molecular weight excluding hydrogens is 528 g/mol. The summed E-state index contributed by atoms with van der Waals surface area (Å²) in [5.41, 5.74) is -3.49. The second kappa shape index (κ2) is 9.21. The van der Waals surface area contributed by atoms with E-state index in [1.165, 1.54) is 23.1 Å². The van der Waals surface area contributed by atoms with Crippen molar-refractivity contribution in [2.45, 2.75) is 37.2 Å². The maximum atomic E-state index is 15.5. The van der Waals surface area contributed by atoms with Crippen LogP contribution in [-0.2, 0) is 20.9 Å². The first kappa shape index (κ1) is 26.2. The molecule has 0 saturated carbocycles. The number of carbonyl (C=O) groups excluding carboxylic acids is 1. The van der Waals surface area contributed by atoms with Crippen molar-refractivity contribution < 1.29 is 31.6 Å². The fourth-order valence-electron chi connectivity index (χ4n) is 4.23. The number of alkyl halides is 4. The minimum Gasteiger partial charge on any atom is -0.335 e. The molecule has 12 heteroatoms. The van der Waals surface area contributed by atoms with Gasteiger partial charge in [-0.25, -0.2) is 8.78 Å². The zero-order chi connectivity index (χ0) is 26.5. The van der Waals surface area contributed by atoms with Gasteiger partial charge in [0.2, 0.25) is 11.5 Å². The van der Waals surface area contributed by atoms with Crippen molar-refractivity contribution in [2.75, 3.05) is 13.1 Å². The fourth-order valence-corrected chi connectivity index (χ4v) is 4.71. The Balaban J connectivity index is 1.69. The highest BCUT2D eigenvalue weighted by Crippen LogP contribution is 2.49. The van der Waals surface area contributed by atoms with E-state index in [2.05, 4.69) is 5.48 Å². The number of benzene rings is 2. The second-order valence-electron chi connectivity index (χ2n) is 8.59. The third-order valence-electron chi connectivity index (χ3n) is 6.14. The van der Waals surface area contributed by atoms with E-state index in [1.807, 2.05) is 13.0 Å². The monoisotopic (exact) mass is 545 g/mol. The predicted octanol–water partition coefficient (Wildman–Crippen LogP) is 6.14. The lowest BCUT2D eigenvalue weighted by Crippen LogP contribution is -2.59. The van der Waals surface area contributed by atoms with Gasteiger partial charge < -0.3 is 4.90 Å². The number of nitrogens with zero attached hydrogens (tertiary/aromatic N) is 2. The molecule has 1 N–H and O–H groups in total. The van der Waals surface area contributed by atoms with Gasteiger partial charge in [-0.1, -0.05) is 42.3 Å². The van der Waals surface area contributed by atoms with Gasteiger partial charge in [0.05, 0.1) is 40.5 Å². The van der Waals surface area contributed by atoms with Crippen molar-refractivity contribution in [1.29, 1.82) is 5.26 Å². The van der Waals surface area contributed by atoms with Crippen LogP contribution in [-0.4, -0.2) is 30.1 Å². The molecule has 36 heavy (non-hydrogen) atoms. The molecule has 2 aromatic carbocycles. The Kier molecular flexibility index (Phi) is 6.71. The van der Waals surface area contributed by atoms with E-state index in [4.69, 9.17) is 28.0 Å². The molecule has 5 nitrogen and oxygen atoms in total. The van der Waals surface area contributed by atoms with E-state index in [9.17, 15) is 27.6 Å². The maximum absolute atomic E-state index is 15.5. The minimum absolute atomic E-state index is 0.0352. The number of hydroxylamine groups is 1. The van der Waals surface area contributed by atoms with Gasteiger partial charge in [0, 0.05) is 23.1 Å². The quantitative estimate of drug-likeness (QED) is 0.361. The Morgan fingerprint density at radius 1 is 1.22 bits per heavy atom. The van der Waals surface area contributed by atoms with Crippen LogP contribution in [0.5, 0.6) is 0 Å². The van der Waals surface area contributed by atoms with Crippen LogP contribution in [0.3, 0.4) is 0 Å². The molecule has 0 bridgehead atoms. The van der Waals surface area contributed by atoms with Gasteiger partial charge in [0.25, 0.3) is 0 Å². The topological polar surface area (TPSA) is 65.4 Å². The number of carbonyl (C=O) groups is 1. The SMILES string of the molecule is CCCC(=O)N1CC(F)(c2ccc(C3=CC(c4cc(Cl)c(F)c(Cl)c4)(C(F)(F)F)ON3)cc2C#N)C1. The van der Waals surface area contributed by atoms with Crippen molar-refractivity contribution >= 4 is 34.8 Å². The molecule has 2 heterocycles. The summed E-state index contributed by atoms with van der Waals surface area (Å²) in [5.74, 6) is -1.27. The van der Waals surface area contributed by atoms with E-state index in [0.717, 1.165) is 12.1 Å². The number of amides is 1. The summed E-state index contributed by atoms with van der Waals surface area (Å²) < 4.78 is 71.9. The number of halogens is 7. The van der Waals surface area contributed by atoms with Crippen LogP contribution in [0.2, 0.25) is 10.0 Å². The molecule has 0 aromatic heterocycles. The third kappa shape index (κ3) is 4.29. The Labute approximate surface area is 213 Å². The van der Waals surface area contributed by atoms with Gasteiger partial charge in [0.1, 0.15) is 0 Å². The number of nitrogens with one attached hydrogen (secondary N) is 1. The average molecular weight is 546 g/mol. The third-order valence-corrected chi connectivity index (χ3v) is 6.69. The van der Waals surface area contributed by atoms with Crippen molar-refractivity contribution in [3.05, 3.63) is 74.5 Å². The lowest BCUT2D eigenvalue weighted by atomic mass is 9.83. The number of hydrogen-bond donors (Lipinski definition) is 1. The van der Waals surface area contributed by atoms with E-state index < -0.39 is 38.9 Å². The van der Waals surface area contributed by atoms with Crippen LogP contribution < -0.4 is 5.48 Å². The summed E-state index contributed by atoms with van der Waals surface area (Å²) in [6.45, 7) is 1.40. The van der Waals surface area contributed by atoms with E-state index >= 15 is 4.39 Å². The molecule has 0 radical (unpaired) electrons. The summed E-state index contributed by atoms with van der Waals surface area (Å²) >= 11 is 11.4. The van der Waals surface area contributed by atoms with Crippen LogP contribution >= 0.6 is 23.2 Å². The second-order valence-corrected chi connectivity index (χ2v) is 9.40. The summed E-state index contributed by atoms with van der Waals surface area (Å²) in [6.07, 6.45) is -3.41. The van der Waals surface area contributed by atoms with Crippen molar-refractivity contribution in [1.82, 2.24) is 10.4 Å². The molecule has 1 amide bonds. The van der Waals surface area contributed by atoms with Crippen LogP contribution in [0.25, 0.3) is 5.70 Å². The van der Waals surface area contributed by atoms with Gasteiger partial charge in [0.15, 0.2) is 11.5 Å². The van der Waals surface area contributed by atoms with E-state index in [0.29, 0.717) is 12.5 Å². The largest absolute Gasteiger partial charge is 0.428 e. The number of hydrogen-bond acceptors (Lipinski definition) is 4. The average Bonchev–Trinajstić information content (AvgIpc) is 3.27. The normalized spacial score (nSPS) is 20.9. The molecule has 1 saturated heterocycles. The van der Waals surface area contributed by atoms with Gasteiger partial charge in [-0.15, -0.1) is 0 Å². The molecule has 0 aliphatic carbocycles. The van der Waals surface area contributed by atoms with Gasteiger partial charge in [-0.2, -0.15) is 18.4 Å². The molecular formula is C24H18Cl2F5N3O2. The Morgan fingerprint density at radius 3 is 2.42 bits per heavy atom. The molecule has 2 aromatic rings. The first-order valence-corrected chi connectivity index (χ1v) is 11.5. The zero-order valence-electron chi connectivity index (χ0n) is 18.6. The van der Waals surface area contributed by atoms with Crippen molar-refractivity contribution in [3.63, 3.8) is 0 Å². The molecule has 2 aliphatic heterocycles. The predicted molar refractivity (Wildman–Crippen MR) is 122 cm³/mol. The highest BCUT2D eigenvalue weighted by atomic mass is 35.5. The highest BCUT2D eigenvalue weighted by molar-refractivity contribution is 6.35. The summed E-state index contributed by atoms with van der Waals surface area (Å²) in [7, 11) is 0. The maximum Gasteiger partial charge on any atom is 0.428 e. The van der Waals surface area contributed by atoms with Crippen molar-refractivity contribution in [2.24, 2.45) is 0 Å². The number of likely N-dealkylation sites (tertiary alicyclic amines) is 1. The van der Waals surface area contributed by atoms with Crippen LogP contribution in [0.15, 0.2) is 36.4 Å². The number of nitriles is 1. The Hall–Kier alpha value is -2.87. The van der Waals surface area contributed by atoms with Crippen LogP contribution in [0.1, 0.15) is 42.0 Å². The molecule has 1 fully saturated rings. The molecule has 0 spiro atoms. The summed E-state index contributed by atoms with van der Waals surface area (Å²) in [6, 6.07) is 7.26. The summed E-state index contributed by atoms with van der Waals surface area (Å²) in [5, 5.41) is 8.37. The first-order valence-electron chi connectivity index (χ1n) is 10.8. The molecule has 2 aliphatic rings.